The molecule has 0 aromatic carbocycles. The molecule has 1 heterocycles. The number of esters is 1. The van der Waals surface area contributed by atoms with Crippen LogP contribution in [0.15, 0.2) is 16.5 Å². The van der Waals surface area contributed by atoms with Crippen molar-refractivity contribution in [1.29, 1.82) is 5.26 Å². The largest absolute Gasteiger partial charge is 0.454 e. The average Bonchev–Trinajstić information content (AvgIpc) is 2.50. The van der Waals surface area contributed by atoms with Gasteiger partial charge < -0.3 is 9.15 Å². The second-order valence-electron chi connectivity index (χ2n) is 4.10. The molecular formula is C11H13NO3. The number of rotatable bonds is 2. The zero-order valence-electron chi connectivity index (χ0n) is 9.03. The summed E-state index contributed by atoms with van der Waals surface area (Å²) in [7, 11) is 0. The lowest BCUT2D eigenvalue weighted by molar-refractivity contribution is 0.00346. The van der Waals surface area contributed by atoms with Crippen molar-refractivity contribution in [2.24, 2.45) is 0 Å². The Balaban J connectivity index is 2.71. The van der Waals surface area contributed by atoms with E-state index in [9.17, 15) is 4.79 Å². The molecule has 0 atom stereocenters. The summed E-state index contributed by atoms with van der Waals surface area (Å²) in [5.74, 6) is 0.0974. The van der Waals surface area contributed by atoms with Gasteiger partial charge in [0.1, 0.15) is 11.4 Å². The van der Waals surface area contributed by atoms with Gasteiger partial charge in [0, 0.05) is 0 Å². The molecule has 4 heteroatoms. The van der Waals surface area contributed by atoms with Crippen LogP contribution in [0, 0.1) is 11.3 Å². The van der Waals surface area contributed by atoms with Crippen LogP contribution in [0.25, 0.3) is 0 Å². The SMILES string of the molecule is CC(C)(C)OC(=O)c1ccc(CC#N)o1. The lowest BCUT2D eigenvalue weighted by Crippen LogP contribution is -2.23. The van der Waals surface area contributed by atoms with E-state index in [0.29, 0.717) is 5.76 Å². The topological polar surface area (TPSA) is 63.2 Å². The molecule has 0 bridgehead atoms. The molecule has 0 radical (unpaired) electrons. The minimum absolute atomic E-state index is 0.134. The van der Waals surface area contributed by atoms with Crippen LogP contribution >= 0.6 is 0 Å². The van der Waals surface area contributed by atoms with Crippen molar-refractivity contribution >= 4 is 5.97 Å². The number of carbonyl (C=O) groups excluding carboxylic acids is 1. The third kappa shape index (κ3) is 3.47. The summed E-state index contributed by atoms with van der Waals surface area (Å²) in [6, 6.07) is 5.05. The summed E-state index contributed by atoms with van der Waals surface area (Å²) >= 11 is 0. The molecule has 1 rings (SSSR count). The summed E-state index contributed by atoms with van der Waals surface area (Å²) in [6.45, 7) is 5.35. The maximum absolute atomic E-state index is 11.5. The smallest absolute Gasteiger partial charge is 0.374 e. The van der Waals surface area contributed by atoms with Crippen molar-refractivity contribution in [2.45, 2.75) is 32.8 Å². The van der Waals surface area contributed by atoms with E-state index in [2.05, 4.69) is 0 Å². The normalized spacial score (nSPS) is 10.8. The Morgan fingerprint density at radius 2 is 2.20 bits per heavy atom. The Labute approximate surface area is 88.4 Å². The highest BCUT2D eigenvalue weighted by Crippen LogP contribution is 2.14. The number of ether oxygens (including phenoxy) is 1. The first-order valence-corrected chi connectivity index (χ1v) is 4.61. The molecule has 0 aliphatic carbocycles. The Hall–Kier alpha value is -1.76. The zero-order valence-corrected chi connectivity index (χ0v) is 9.03. The highest BCUT2D eigenvalue weighted by Gasteiger charge is 2.20. The van der Waals surface area contributed by atoms with Crippen molar-refractivity contribution in [3.05, 3.63) is 23.7 Å². The van der Waals surface area contributed by atoms with E-state index in [1.165, 1.54) is 6.07 Å². The van der Waals surface area contributed by atoms with E-state index in [1.54, 1.807) is 26.8 Å². The first-order chi connectivity index (χ1) is 6.92. The Morgan fingerprint density at radius 1 is 1.53 bits per heavy atom. The number of hydrogen-bond donors (Lipinski definition) is 0. The van der Waals surface area contributed by atoms with Gasteiger partial charge in [0.05, 0.1) is 12.5 Å². The van der Waals surface area contributed by atoms with Crippen LogP contribution in [0.2, 0.25) is 0 Å². The van der Waals surface area contributed by atoms with Crippen LogP contribution in [0.3, 0.4) is 0 Å². The molecule has 0 spiro atoms. The molecule has 0 N–H and O–H groups in total. The highest BCUT2D eigenvalue weighted by molar-refractivity contribution is 5.86. The molecule has 0 fully saturated rings. The number of nitrogens with zero attached hydrogens (tertiary/aromatic N) is 1. The third-order valence-corrected chi connectivity index (χ3v) is 1.52. The highest BCUT2D eigenvalue weighted by atomic mass is 16.6. The maximum Gasteiger partial charge on any atom is 0.374 e. The number of hydrogen-bond acceptors (Lipinski definition) is 4. The van der Waals surface area contributed by atoms with Gasteiger partial charge in [-0.1, -0.05) is 0 Å². The fourth-order valence-electron chi connectivity index (χ4n) is 0.989. The number of carbonyl (C=O) groups is 1. The molecule has 0 saturated heterocycles. The van der Waals surface area contributed by atoms with Gasteiger partial charge in [-0.25, -0.2) is 4.79 Å². The summed E-state index contributed by atoms with van der Waals surface area (Å²) < 4.78 is 10.2. The second-order valence-corrected chi connectivity index (χ2v) is 4.10. The van der Waals surface area contributed by atoms with Crippen LogP contribution in [0.1, 0.15) is 37.1 Å². The first-order valence-electron chi connectivity index (χ1n) is 4.61. The molecule has 0 unspecified atom stereocenters. The fraction of sp³-hybridized carbons (Fsp3) is 0.455. The lowest BCUT2D eigenvalue weighted by atomic mass is 10.2. The molecule has 15 heavy (non-hydrogen) atoms. The van der Waals surface area contributed by atoms with Gasteiger partial charge in [-0.2, -0.15) is 5.26 Å². The molecule has 4 nitrogen and oxygen atoms in total. The molecular weight excluding hydrogens is 194 g/mol. The Morgan fingerprint density at radius 3 is 2.73 bits per heavy atom. The minimum atomic E-state index is -0.542. The predicted octanol–water partition coefficient (Wildman–Crippen LogP) is 2.30. The van der Waals surface area contributed by atoms with Crippen LogP contribution in [0.5, 0.6) is 0 Å². The summed E-state index contributed by atoms with van der Waals surface area (Å²) in [5, 5.41) is 8.43. The molecule has 1 aromatic heterocycles. The van der Waals surface area contributed by atoms with Gasteiger partial charge in [-0.3, -0.25) is 0 Å². The maximum atomic E-state index is 11.5. The molecule has 1 aromatic rings. The fourth-order valence-corrected chi connectivity index (χ4v) is 0.989. The van der Waals surface area contributed by atoms with Crippen molar-refractivity contribution in [3.63, 3.8) is 0 Å². The summed E-state index contributed by atoms with van der Waals surface area (Å²) in [6.07, 6.45) is 0.156. The Bertz CT molecular complexity index is 393. The summed E-state index contributed by atoms with van der Waals surface area (Å²) in [4.78, 5) is 11.5. The van der Waals surface area contributed by atoms with Gasteiger partial charge >= 0.3 is 5.97 Å². The van der Waals surface area contributed by atoms with Crippen molar-refractivity contribution in [2.75, 3.05) is 0 Å². The Kier molecular flexibility index (Phi) is 3.15. The van der Waals surface area contributed by atoms with Gasteiger partial charge in [0.25, 0.3) is 0 Å². The van der Waals surface area contributed by atoms with Crippen molar-refractivity contribution in [3.8, 4) is 6.07 Å². The quantitative estimate of drug-likeness (QED) is 0.698. The molecule has 0 amide bonds. The van der Waals surface area contributed by atoms with E-state index in [1.807, 2.05) is 6.07 Å². The monoisotopic (exact) mass is 207 g/mol. The molecule has 80 valence electrons. The average molecular weight is 207 g/mol. The van der Waals surface area contributed by atoms with E-state index in [4.69, 9.17) is 14.4 Å². The van der Waals surface area contributed by atoms with Gasteiger partial charge in [-0.15, -0.1) is 0 Å². The minimum Gasteiger partial charge on any atom is -0.454 e. The van der Waals surface area contributed by atoms with E-state index in [0.717, 1.165) is 0 Å². The van der Waals surface area contributed by atoms with Gasteiger partial charge in [0.15, 0.2) is 0 Å². The van der Waals surface area contributed by atoms with Crippen LogP contribution in [-0.2, 0) is 11.2 Å². The third-order valence-electron chi connectivity index (χ3n) is 1.52. The van der Waals surface area contributed by atoms with Gasteiger partial charge in [-0.05, 0) is 32.9 Å². The van der Waals surface area contributed by atoms with Crippen LogP contribution in [-0.4, -0.2) is 11.6 Å². The van der Waals surface area contributed by atoms with Crippen LogP contribution in [0.4, 0.5) is 0 Å². The molecule has 0 aliphatic rings. The molecule has 0 saturated carbocycles. The lowest BCUT2D eigenvalue weighted by Gasteiger charge is -2.18. The van der Waals surface area contributed by atoms with Crippen LogP contribution < -0.4 is 0 Å². The molecule has 0 aliphatic heterocycles. The number of nitriles is 1. The predicted molar refractivity (Wildman–Crippen MR) is 53.2 cm³/mol. The van der Waals surface area contributed by atoms with E-state index >= 15 is 0 Å². The number of furan rings is 1. The summed E-state index contributed by atoms with van der Waals surface area (Å²) in [5.41, 5.74) is -0.542. The van der Waals surface area contributed by atoms with E-state index in [-0.39, 0.29) is 12.2 Å². The van der Waals surface area contributed by atoms with E-state index < -0.39 is 11.6 Å². The zero-order chi connectivity index (χ0) is 11.5. The van der Waals surface area contributed by atoms with Crippen molar-refractivity contribution in [1.82, 2.24) is 0 Å². The van der Waals surface area contributed by atoms with Gasteiger partial charge in [0.2, 0.25) is 5.76 Å². The first kappa shape index (κ1) is 11.3. The second kappa shape index (κ2) is 4.18. The standard InChI is InChI=1S/C11H13NO3/c1-11(2,3)15-10(13)9-5-4-8(14-9)6-7-12/h4-5H,6H2,1-3H3. The van der Waals surface area contributed by atoms with Crippen molar-refractivity contribution < 1.29 is 13.9 Å².